The molecule has 0 aromatic heterocycles. The Morgan fingerprint density at radius 1 is 1.44 bits per heavy atom. The second-order valence-electron chi connectivity index (χ2n) is 2.42. The van der Waals surface area contributed by atoms with E-state index in [0.717, 1.165) is 5.75 Å². The van der Waals surface area contributed by atoms with E-state index < -0.39 is 6.17 Å². The molecule has 0 aliphatic carbocycles. The van der Waals surface area contributed by atoms with E-state index in [4.69, 9.17) is 0 Å². The lowest BCUT2D eigenvalue weighted by molar-refractivity contribution is 0.285. The van der Waals surface area contributed by atoms with Gasteiger partial charge in [-0.3, -0.25) is 0 Å². The molecule has 9 heavy (non-hydrogen) atoms. The molecule has 0 saturated heterocycles. The first-order valence-electron chi connectivity index (χ1n) is 3.40. The van der Waals surface area contributed by atoms with Crippen LogP contribution < -0.4 is 0 Å². The van der Waals surface area contributed by atoms with Gasteiger partial charge in [-0.2, -0.15) is 11.8 Å². The van der Waals surface area contributed by atoms with Crippen LogP contribution >= 0.6 is 11.8 Å². The van der Waals surface area contributed by atoms with Gasteiger partial charge >= 0.3 is 0 Å². The second kappa shape index (κ2) is 5.10. The fourth-order valence-corrected chi connectivity index (χ4v) is 1.27. The Morgan fingerprint density at radius 3 is 2.33 bits per heavy atom. The molecule has 0 N–H and O–H groups in total. The zero-order valence-electron chi connectivity index (χ0n) is 6.36. The summed E-state index contributed by atoms with van der Waals surface area (Å²) in [5.41, 5.74) is 0. The van der Waals surface area contributed by atoms with Gasteiger partial charge in [0.15, 0.2) is 0 Å². The number of hydrogen-bond acceptors (Lipinski definition) is 1. The number of thioether (sulfide) groups is 1. The molecule has 1 atom stereocenters. The summed E-state index contributed by atoms with van der Waals surface area (Å²) in [5, 5.41) is 0. The minimum atomic E-state index is -0.616. The zero-order valence-corrected chi connectivity index (χ0v) is 7.17. The van der Waals surface area contributed by atoms with E-state index in [0.29, 0.717) is 5.75 Å². The third-order valence-corrected chi connectivity index (χ3v) is 2.17. The average molecular weight is 150 g/mol. The summed E-state index contributed by atoms with van der Waals surface area (Å²) < 4.78 is 12.7. The molecule has 0 aliphatic rings. The molecule has 2 heteroatoms. The van der Waals surface area contributed by atoms with Gasteiger partial charge in [-0.1, -0.05) is 20.8 Å². The van der Waals surface area contributed by atoms with Crippen LogP contribution in [0.3, 0.4) is 0 Å². The van der Waals surface area contributed by atoms with Gasteiger partial charge in [0.05, 0.1) is 0 Å². The van der Waals surface area contributed by atoms with Gasteiger partial charge in [-0.15, -0.1) is 0 Å². The summed E-state index contributed by atoms with van der Waals surface area (Å²) in [7, 11) is 0. The molecule has 0 aromatic rings. The molecule has 0 heterocycles. The van der Waals surface area contributed by atoms with Gasteiger partial charge in [0.2, 0.25) is 0 Å². The molecule has 0 rings (SSSR count). The molecule has 0 radical (unpaired) electrons. The molecule has 0 fully saturated rings. The van der Waals surface area contributed by atoms with Crippen LogP contribution in [0.1, 0.15) is 20.8 Å². The van der Waals surface area contributed by atoms with Gasteiger partial charge in [-0.25, -0.2) is 4.39 Å². The minimum Gasteiger partial charge on any atom is -0.246 e. The van der Waals surface area contributed by atoms with Crippen LogP contribution in [0.5, 0.6) is 0 Å². The smallest absolute Gasteiger partial charge is 0.111 e. The normalized spacial score (nSPS) is 14.3. The van der Waals surface area contributed by atoms with E-state index in [1.165, 1.54) is 0 Å². The van der Waals surface area contributed by atoms with Crippen molar-refractivity contribution in [1.29, 1.82) is 0 Å². The number of hydrogen-bond donors (Lipinski definition) is 0. The topological polar surface area (TPSA) is 0 Å². The first kappa shape index (κ1) is 9.28. The Hall–Kier alpha value is 0.280. The molecular weight excluding hydrogens is 135 g/mol. The maximum Gasteiger partial charge on any atom is 0.111 e. The van der Waals surface area contributed by atoms with E-state index in [1.54, 1.807) is 11.8 Å². The van der Waals surface area contributed by atoms with E-state index >= 15 is 0 Å². The van der Waals surface area contributed by atoms with Crippen molar-refractivity contribution in [3.05, 3.63) is 0 Å². The van der Waals surface area contributed by atoms with Gasteiger partial charge in [0.1, 0.15) is 6.17 Å². The van der Waals surface area contributed by atoms with Gasteiger partial charge in [0, 0.05) is 5.75 Å². The Morgan fingerprint density at radius 2 is 2.00 bits per heavy atom. The van der Waals surface area contributed by atoms with Gasteiger partial charge < -0.3 is 0 Å². The molecule has 0 unspecified atom stereocenters. The van der Waals surface area contributed by atoms with Crippen molar-refractivity contribution in [3.63, 3.8) is 0 Å². The lowest BCUT2D eigenvalue weighted by Crippen LogP contribution is -2.11. The van der Waals surface area contributed by atoms with Crippen LogP contribution in [0.4, 0.5) is 4.39 Å². The third kappa shape index (κ3) is 4.76. The number of halogens is 1. The summed E-state index contributed by atoms with van der Waals surface area (Å²) in [6.07, 6.45) is -0.616. The van der Waals surface area contributed by atoms with Crippen molar-refractivity contribution in [1.82, 2.24) is 0 Å². The standard InChI is InChI=1S/C7H15FS/c1-4-9-5-7(8)6(2)3/h6-7H,4-5H2,1-3H3/t7-/m0/s1. The number of alkyl halides is 1. The Labute approximate surface area is 61.2 Å². The summed E-state index contributed by atoms with van der Waals surface area (Å²) in [6.45, 7) is 5.89. The van der Waals surface area contributed by atoms with Crippen LogP contribution in [0.25, 0.3) is 0 Å². The first-order chi connectivity index (χ1) is 4.18. The maximum atomic E-state index is 12.7. The SMILES string of the molecule is CCSC[C@H](F)C(C)C. The number of rotatable bonds is 4. The van der Waals surface area contributed by atoms with Crippen molar-refractivity contribution < 1.29 is 4.39 Å². The zero-order chi connectivity index (χ0) is 7.28. The van der Waals surface area contributed by atoms with Crippen LogP contribution in [0.2, 0.25) is 0 Å². The van der Waals surface area contributed by atoms with E-state index in [9.17, 15) is 4.39 Å². The largest absolute Gasteiger partial charge is 0.246 e. The second-order valence-corrected chi connectivity index (χ2v) is 3.74. The highest BCUT2D eigenvalue weighted by atomic mass is 32.2. The van der Waals surface area contributed by atoms with E-state index in [-0.39, 0.29) is 5.92 Å². The van der Waals surface area contributed by atoms with Crippen molar-refractivity contribution >= 4 is 11.8 Å². The summed E-state index contributed by atoms with van der Waals surface area (Å²) in [6, 6.07) is 0. The molecular formula is C7H15FS. The fraction of sp³-hybridized carbons (Fsp3) is 1.00. The molecule has 56 valence electrons. The van der Waals surface area contributed by atoms with E-state index in [2.05, 4.69) is 6.92 Å². The van der Waals surface area contributed by atoms with Crippen molar-refractivity contribution in [2.24, 2.45) is 5.92 Å². The monoisotopic (exact) mass is 150 g/mol. The maximum absolute atomic E-state index is 12.7. The Balaban J connectivity index is 3.16. The Bertz CT molecular complexity index is 63.9. The molecule has 0 saturated carbocycles. The first-order valence-corrected chi connectivity index (χ1v) is 4.55. The van der Waals surface area contributed by atoms with E-state index in [1.807, 2.05) is 13.8 Å². The molecule has 0 spiro atoms. The fourth-order valence-electron chi connectivity index (χ4n) is 0.423. The lowest BCUT2D eigenvalue weighted by atomic mass is 10.1. The average Bonchev–Trinajstić information content (AvgIpc) is 1.82. The molecule has 0 nitrogen and oxygen atoms in total. The molecule has 0 amide bonds. The molecule has 0 aromatic carbocycles. The molecule has 0 aliphatic heterocycles. The summed E-state index contributed by atoms with van der Waals surface area (Å²) >= 11 is 1.67. The predicted molar refractivity (Wildman–Crippen MR) is 42.7 cm³/mol. The van der Waals surface area contributed by atoms with Crippen LogP contribution in [0, 0.1) is 5.92 Å². The van der Waals surface area contributed by atoms with Crippen molar-refractivity contribution in [3.8, 4) is 0 Å². The Kier molecular flexibility index (Phi) is 5.25. The highest BCUT2D eigenvalue weighted by Crippen LogP contribution is 2.12. The van der Waals surface area contributed by atoms with Gasteiger partial charge in [0.25, 0.3) is 0 Å². The van der Waals surface area contributed by atoms with Crippen LogP contribution in [0.15, 0.2) is 0 Å². The third-order valence-electron chi connectivity index (χ3n) is 1.20. The highest BCUT2D eigenvalue weighted by molar-refractivity contribution is 7.99. The minimum absolute atomic E-state index is 0.184. The van der Waals surface area contributed by atoms with Crippen LogP contribution in [-0.4, -0.2) is 17.7 Å². The van der Waals surface area contributed by atoms with Gasteiger partial charge in [-0.05, 0) is 11.7 Å². The quantitative estimate of drug-likeness (QED) is 0.594. The van der Waals surface area contributed by atoms with Crippen molar-refractivity contribution in [2.45, 2.75) is 26.9 Å². The predicted octanol–water partition coefficient (Wildman–Crippen LogP) is 2.73. The highest BCUT2D eigenvalue weighted by Gasteiger charge is 2.09. The lowest BCUT2D eigenvalue weighted by Gasteiger charge is -2.09. The summed E-state index contributed by atoms with van der Waals surface area (Å²) in [4.78, 5) is 0. The summed E-state index contributed by atoms with van der Waals surface area (Å²) in [5.74, 6) is 1.87. The molecule has 0 bridgehead atoms. The van der Waals surface area contributed by atoms with Crippen LogP contribution in [-0.2, 0) is 0 Å². The van der Waals surface area contributed by atoms with Crippen molar-refractivity contribution in [2.75, 3.05) is 11.5 Å².